The Morgan fingerprint density at radius 1 is 1.31 bits per heavy atom. The first-order chi connectivity index (χ1) is 7.50. The van der Waals surface area contributed by atoms with Crippen LogP contribution in [-0.4, -0.2) is 14.9 Å². The van der Waals surface area contributed by atoms with Gasteiger partial charge in [0.2, 0.25) is 5.56 Å². The molecule has 0 bridgehead atoms. The van der Waals surface area contributed by atoms with Gasteiger partial charge in [0.25, 0.3) is 0 Å². The van der Waals surface area contributed by atoms with Gasteiger partial charge in [0.05, 0.1) is 10.8 Å². The Bertz CT molecular complexity index is 480. The molecule has 3 nitrogen and oxygen atoms in total. The maximum atomic E-state index is 12.4. The highest BCUT2D eigenvalue weighted by Crippen LogP contribution is 2.14. The zero-order valence-electron chi connectivity index (χ0n) is 8.00. The number of aromatic nitrogens is 1. The molecule has 1 heterocycles. The van der Waals surface area contributed by atoms with E-state index in [1.54, 1.807) is 0 Å². The van der Waals surface area contributed by atoms with E-state index in [9.17, 15) is 22.2 Å². The summed E-state index contributed by atoms with van der Waals surface area (Å²) < 4.78 is 47.2. The third-order valence-electron chi connectivity index (χ3n) is 1.70. The SMILES string of the molecule is O=c1cccc(S(=O)CCC(F)=C(F)F)[nH]1. The third kappa shape index (κ3) is 3.65. The van der Waals surface area contributed by atoms with Crippen molar-refractivity contribution in [1.82, 2.24) is 4.98 Å². The van der Waals surface area contributed by atoms with E-state index < -0.39 is 34.7 Å². The predicted molar refractivity (Wildman–Crippen MR) is 53.3 cm³/mol. The lowest BCUT2D eigenvalue weighted by molar-refractivity contribution is 0.373. The molecular formula is C9H8F3NO2S. The third-order valence-corrected chi connectivity index (χ3v) is 3.00. The Labute approximate surface area is 91.5 Å². The monoisotopic (exact) mass is 251 g/mol. The van der Waals surface area contributed by atoms with Gasteiger partial charge in [-0.2, -0.15) is 8.78 Å². The number of aromatic amines is 1. The molecule has 1 aromatic rings. The molecule has 1 atom stereocenters. The van der Waals surface area contributed by atoms with E-state index in [1.165, 1.54) is 18.2 Å². The lowest BCUT2D eigenvalue weighted by atomic mass is 10.4. The second-order valence-corrected chi connectivity index (χ2v) is 4.38. The van der Waals surface area contributed by atoms with Crippen molar-refractivity contribution >= 4 is 10.8 Å². The van der Waals surface area contributed by atoms with Crippen LogP contribution in [0.1, 0.15) is 6.42 Å². The lowest BCUT2D eigenvalue weighted by Gasteiger charge is -2.00. The Balaban J connectivity index is 2.67. The van der Waals surface area contributed by atoms with Crippen molar-refractivity contribution < 1.29 is 17.4 Å². The van der Waals surface area contributed by atoms with Gasteiger partial charge in [0.15, 0.2) is 5.83 Å². The normalized spacial score (nSPS) is 12.2. The molecule has 0 radical (unpaired) electrons. The minimum absolute atomic E-state index is 0.0968. The van der Waals surface area contributed by atoms with Gasteiger partial charge in [0, 0.05) is 18.2 Å². The number of pyridine rings is 1. The van der Waals surface area contributed by atoms with E-state index >= 15 is 0 Å². The summed E-state index contributed by atoms with van der Waals surface area (Å²) in [6, 6.07) is 3.99. The molecule has 16 heavy (non-hydrogen) atoms. The second-order valence-electron chi connectivity index (χ2n) is 2.84. The Kier molecular flexibility index (Phi) is 4.48. The van der Waals surface area contributed by atoms with Crippen LogP contribution in [0.2, 0.25) is 0 Å². The molecule has 0 amide bonds. The molecule has 88 valence electrons. The Morgan fingerprint density at radius 2 is 2.00 bits per heavy atom. The Hall–Kier alpha value is -1.37. The molecule has 1 rings (SSSR count). The number of hydrogen-bond donors (Lipinski definition) is 1. The standard InChI is InChI=1S/C9H8F3NO2S/c10-6(9(11)12)4-5-16(15)8-3-1-2-7(14)13-8/h1-3H,4-5H2,(H,13,14). The number of halogens is 3. The summed E-state index contributed by atoms with van der Waals surface area (Å²) in [6.07, 6.45) is -3.02. The lowest BCUT2D eigenvalue weighted by Crippen LogP contribution is -2.09. The predicted octanol–water partition coefficient (Wildman–Crippen LogP) is 1.95. The zero-order valence-corrected chi connectivity index (χ0v) is 8.82. The average Bonchev–Trinajstić information content (AvgIpc) is 2.25. The number of allylic oxidation sites excluding steroid dienone is 1. The van der Waals surface area contributed by atoms with Crippen molar-refractivity contribution in [1.29, 1.82) is 0 Å². The summed E-state index contributed by atoms with van der Waals surface area (Å²) in [5, 5.41) is 0.0968. The van der Waals surface area contributed by atoms with Gasteiger partial charge in [0.1, 0.15) is 5.03 Å². The number of rotatable bonds is 4. The van der Waals surface area contributed by atoms with Gasteiger partial charge in [-0.25, -0.2) is 4.39 Å². The van der Waals surface area contributed by atoms with Gasteiger partial charge in [-0.05, 0) is 6.07 Å². The molecular weight excluding hydrogens is 243 g/mol. The van der Waals surface area contributed by atoms with E-state index in [1.807, 2.05) is 0 Å². The van der Waals surface area contributed by atoms with Crippen molar-refractivity contribution in [3.05, 3.63) is 40.5 Å². The fourth-order valence-corrected chi connectivity index (χ4v) is 1.98. The van der Waals surface area contributed by atoms with Crippen molar-refractivity contribution in [2.45, 2.75) is 11.4 Å². The van der Waals surface area contributed by atoms with Crippen molar-refractivity contribution in [2.24, 2.45) is 0 Å². The summed E-state index contributed by atoms with van der Waals surface area (Å²) in [5.74, 6) is -1.88. The van der Waals surface area contributed by atoms with Crippen molar-refractivity contribution in [3.63, 3.8) is 0 Å². The molecule has 0 aliphatic heterocycles. The van der Waals surface area contributed by atoms with Gasteiger partial charge in [-0.15, -0.1) is 0 Å². The molecule has 1 aromatic heterocycles. The minimum atomic E-state index is -2.40. The molecule has 0 saturated heterocycles. The smallest absolute Gasteiger partial charge is 0.301 e. The average molecular weight is 251 g/mol. The first-order valence-electron chi connectivity index (χ1n) is 4.28. The number of hydrogen-bond acceptors (Lipinski definition) is 2. The quantitative estimate of drug-likeness (QED) is 0.889. The topological polar surface area (TPSA) is 49.9 Å². The van der Waals surface area contributed by atoms with E-state index in [2.05, 4.69) is 4.98 Å². The molecule has 0 spiro atoms. The fourth-order valence-electron chi connectivity index (χ4n) is 0.947. The van der Waals surface area contributed by atoms with Gasteiger partial charge in [-0.3, -0.25) is 9.00 Å². The summed E-state index contributed by atoms with van der Waals surface area (Å²) >= 11 is 0. The van der Waals surface area contributed by atoms with Crippen LogP contribution >= 0.6 is 0 Å². The maximum absolute atomic E-state index is 12.4. The summed E-state index contributed by atoms with van der Waals surface area (Å²) in [4.78, 5) is 13.1. The van der Waals surface area contributed by atoms with Crippen molar-refractivity contribution in [3.8, 4) is 0 Å². The van der Waals surface area contributed by atoms with Crippen molar-refractivity contribution in [2.75, 3.05) is 5.75 Å². The molecule has 7 heteroatoms. The summed E-state index contributed by atoms with van der Waals surface area (Å²) in [5.41, 5.74) is -0.446. The molecule has 0 aromatic carbocycles. The van der Waals surface area contributed by atoms with Crippen LogP contribution in [0.15, 0.2) is 39.9 Å². The largest absolute Gasteiger partial charge is 0.315 e. The molecule has 0 saturated carbocycles. The van der Waals surface area contributed by atoms with Gasteiger partial charge in [-0.1, -0.05) is 6.07 Å². The molecule has 0 fully saturated rings. The summed E-state index contributed by atoms with van der Waals surface area (Å²) in [7, 11) is -1.69. The highest BCUT2D eigenvalue weighted by molar-refractivity contribution is 7.84. The zero-order chi connectivity index (χ0) is 12.1. The highest BCUT2D eigenvalue weighted by Gasteiger charge is 2.09. The van der Waals surface area contributed by atoms with E-state index in [0.29, 0.717) is 0 Å². The Morgan fingerprint density at radius 3 is 2.56 bits per heavy atom. The molecule has 0 aliphatic carbocycles. The van der Waals surface area contributed by atoms with E-state index in [0.717, 1.165) is 0 Å². The first-order valence-corrected chi connectivity index (χ1v) is 5.60. The minimum Gasteiger partial charge on any atom is -0.315 e. The number of nitrogens with one attached hydrogen (secondary N) is 1. The second kappa shape index (κ2) is 5.64. The van der Waals surface area contributed by atoms with E-state index in [4.69, 9.17) is 0 Å². The van der Waals surface area contributed by atoms with Crippen LogP contribution in [-0.2, 0) is 10.8 Å². The van der Waals surface area contributed by atoms with Crippen LogP contribution in [0.25, 0.3) is 0 Å². The van der Waals surface area contributed by atoms with Crippen LogP contribution in [0.4, 0.5) is 13.2 Å². The summed E-state index contributed by atoms with van der Waals surface area (Å²) in [6.45, 7) is 0. The molecule has 1 unspecified atom stereocenters. The molecule has 0 aliphatic rings. The van der Waals surface area contributed by atoms with Crippen LogP contribution in [0.3, 0.4) is 0 Å². The first kappa shape index (κ1) is 12.7. The van der Waals surface area contributed by atoms with Gasteiger partial charge >= 0.3 is 6.08 Å². The molecule has 1 N–H and O–H groups in total. The van der Waals surface area contributed by atoms with Gasteiger partial charge < -0.3 is 4.98 Å². The fraction of sp³-hybridized carbons (Fsp3) is 0.222. The van der Waals surface area contributed by atoms with Crippen LogP contribution < -0.4 is 5.56 Å². The van der Waals surface area contributed by atoms with E-state index in [-0.39, 0.29) is 10.8 Å². The number of H-pyrrole nitrogens is 1. The van der Waals surface area contributed by atoms with Crippen LogP contribution in [0, 0.1) is 0 Å². The maximum Gasteiger partial charge on any atom is 0.301 e. The van der Waals surface area contributed by atoms with Crippen LogP contribution in [0.5, 0.6) is 0 Å². The highest BCUT2D eigenvalue weighted by atomic mass is 32.2.